The Bertz CT molecular complexity index is 784. The second-order valence-electron chi connectivity index (χ2n) is 4.61. The van der Waals surface area contributed by atoms with E-state index in [9.17, 15) is 0 Å². The molecule has 0 radical (unpaired) electrons. The number of benzene rings is 2. The molecule has 3 nitrogen and oxygen atoms in total. The Balaban J connectivity index is 2.17. The van der Waals surface area contributed by atoms with Crippen LogP contribution in [0.2, 0.25) is 0 Å². The predicted molar refractivity (Wildman–Crippen MR) is 92.0 cm³/mol. The lowest BCUT2D eigenvalue weighted by molar-refractivity contribution is 1.09. The smallest absolute Gasteiger partial charge is 0.161 e. The van der Waals surface area contributed by atoms with Crippen LogP contribution in [0.1, 0.15) is 5.69 Å². The first-order valence-electron chi connectivity index (χ1n) is 6.40. The molecule has 20 heavy (non-hydrogen) atoms. The molecule has 1 heterocycles. The van der Waals surface area contributed by atoms with E-state index >= 15 is 0 Å². The van der Waals surface area contributed by atoms with E-state index in [-0.39, 0.29) is 0 Å². The van der Waals surface area contributed by atoms with E-state index in [4.69, 9.17) is 0 Å². The number of nitrogens with zero attached hydrogens (tertiary/aromatic N) is 2. The van der Waals surface area contributed by atoms with Crippen molar-refractivity contribution in [3.63, 3.8) is 0 Å². The molecule has 100 valence electrons. The molecule has 4 heteroatoms. The van der Waals surface area contributed by atoms with Gasteiger partial charge in [-0.3, -0.25) is 0 Å². The van der Waals surface area contributed by atoms with Crippen molar-refractivity contribution in [3.05, 3.63) is 51.7 Å². The molecule has 0 amide bonds. The largest absolute Gasteiger partial charge is 0.372 e. The molecule has 0 atom stereocenters. The Labute approximate surface area is 131 Å². The van der Waals surface area contributed by atoms with Gasteiger partial charge in [-0.1, -0.05) is 36.4 Å². The summed E-state index contributed by atoms with van der Waals surface area (Å²) in [7, 11) is 1.88. The number of hydrogen-bond acceptors (Lipinski definition) is 3. The van der Waals surface area contributed by atoms with Crippen LogP contribution in [0.25, 0.3) is 22.2 Å². The number of nitrogens with one attached hydrogen (secondary N) is 1. The SMILES string of the molecule is CNc1nc(-c2ccc3ccccc3c2)nc(C)c1I. The van der Waals surface area contributed by atoms with Crippen LogP contribution in [0.15, 0.2) is 42.5 Å². The molecule has 3 rings (SSSR count). The van der Waals surface area contributed by atoms with Gasteiger partial charge in [-0.25, -0.2) is 9.97 Å². The highest BCUT2D eigenvalue weighted by Gasteiger charge is 2.10. The number of fused-ring (bicyclic) bond motifs is 1. The molecule has 0 unspecified atom stereocenters. The van der Waals surface area contributed by atoms with Crippen LogP contribution in [-0.4, -0.2) is 17.0 Å². The van der Waals surface area contributed by atoms with E-state index in [1.807, 2.05) is 26.1 Å². The Morgan fingerprint density at radius 2 is 1.75 bits per heavy atom. The zero-order chi connectivity index (χ0) is 14.1. The average molecular weight is 375 g/mol. The van der Waals surface area contributed by atoms with E-state index < -0.39 is 0 Å². The van der Waals surface area contributed by atoms with Gasteiger partial charge in [0.25, 0.3) is 0 Å². The van der Waals surface area contributed by atoms with Gasteiger partial charge in [-0.05, 0) is 46.4 Å². The van der Waals surface area contributed by atoms with Crippen LogP contribution >= 0.6 is 22.6 Å². The number of hydrogen-bond donors (Lipinski definition) is 1. The minimum Gasteiger partial charge on any atom is -0.372 e. The van der Waals surface area contributed by atoms with Crippen molar-refractivity contribution in [2.45, 2.75) is 6.92 Å². The lowest BCUT2D eigenvalue weighted by Gasteiger charge is -2.09. The first-order valence-corrected chi connectivity index (χ1v) is 7.48. The fraction of sp³-hybridized carbons (Fsp3) is 0.125. The van der Waals surface area contributed by atoms with Crippen LogP contribution in [-0.2, 0) is 0 Å². The molecule has 0 saturated heterocycles. The zero-order valence-electron chi connectivity index (χ0n) is 11.3. The fourth-order valence-corrected chi connectivity index (χ4v) is 2.69. The third-order valence-corrected chi connectivity index (χ3v) is 4.55. The number of rotatable bonds is 2. The molecule has 0 aliphatic heterocycles. The maximum absolute atomic E-state index is 4.60. The number of anilines is 1. The van der Waals surface area contributed by atoms with Gasteiger partial charge in [0.2, 0.25) is 0 Å². The van der Waals surface area contributed by atoms with Gasteiger partial charge in [-0.15, -0.1) is 0 Å². The van der Waals surface area contributed by atoms with Crippen molar-refractivity contribution in [1.29, 1.82) is 0 Å². The number of halogens is 1. The molecule has 0 saturated carbocycles. The first-order chi connectivity index (χ1) is 9.69. The summed E-state index contributed by atoms with van der Waals surface area (Å²) >= 11 is 2.27. The second kappa shape index (κ2) is 5.36. The molecule has 0 fully saturated rings. The fourth-order valence-electron chi connectivity index (χ4n) is 2.18. The normalized spacial score (nSPS) is 10.8. The number of aromatic nitrogens is 2. The molecule has 0 aliphatic carbocycles. The van der Waals surface area contributed by atoms with Gasteiger partial charge in [-0.2, -0.15) is 0 Å². The van der Waals surface area contributed by atoms with Crippen LogP contribution in [0.4, 0.5) is 5.82 Å². The minimum absolute atomic E-state index is 0.762. The quantitative estimate of drug-likeness (QED) is 0.681. The molecular weight excluding hydrogens is 361 g/mol. The van der Waals surface area contributed by atoms with Crippen LogP contribution in [0.5, 0.6) is 0 Å². The molecule has 3 aromatic rings. The standard InChI is InChI=1S/C16H14IN3/c1-10-14(17)16(18-2)20-15(19-10)13-8-7-11-5-3-4-6-12(11)9-13/h3-9H,1-2H3,(H,18,19,20). The molecule has 1 aromatic heterocycles. The third kappa shape index (κ3) is 2.35. The van der Waals surface area contributed by atoms with Crippen molar-refractivity contribution >= 4 is 39.2 Å². The van der Waals surface area contributed by atoms with Gasteiger partial charge < -0.3 is 5.32 Å². The topological polar surface area (TPSA) is 37.8 Å². The monoisotopic (exact) mass is 375 g/mol. The highest BCUT2D eigenvalue weighted by Crippen LogP contribution is 2.25. The molecule has 1 N–H and O–H groups in total. The Kier molecular flexibility index (Phi) is 3.56. The summed E-state index contributed by atoms with van der Waals surface area (Å²) < 4.78 is 1.06. The predicted octanol–water partition coefficient (Wildman–Crippen LogP) is 4.25. The zero-order valence-corrected chi connectivity index (χ0v) is 13.5. The maximum Gasteiger partial charge on any atom is 0.161 e. The second-order valence-corrected chi connectivity index (χ2v) is 5.69. The third-order valence-electron chi connectivity index (χ3n) is 3.26. The summed E-state index contributed by atoms with van der Waals surface area (Å²) in [5.74, 6) is 1.64. The van der Waals surface area contributed by atoms with E-state index in [0.29, 0.717) is 0 Å². The lowest BCUT2D eigenvalue weighted by atomic mass is 10.1. The van der Waals surface area contributed by atoms with Crippen LogP contribution in [0.3, 0.4) is 0 Å². The molecule has 0 bridgehead atoms. The van der Waals surface area contributed by atoms with E-state index in [1.165, 1.54) is 10.8 Å². The molecular formula is C16H14IN3. The minimum atomic E-state index is 0.762. The highest BCUT2D eigenvalue weighted by atomic mass is 127. The summed E-state index contributed by atoms with van der Waals surface area (Å²) in [6, 6.07) is 14.6. The van der Waals surface area contributed by atoms with Crippen LogP contribution in [0, 0.1) is 10.5 Å². The highest BCUT2D eigenvalue weighted by molar-refractivity contribution is 14.1. The summed E-state index contributed by atoms with van der Waals surface area (Å²) in [5, 5.41) is 5.56. The van der Waals surface area contributed by atoms with Gasteiger partial charge in [0.15, 0.2) is 5.82 Å². The Hall–Kier alpha value is -1.69. The lowest BCUT2D eigenvalue weighted by Crippen LogP contribution is -2.02. The van der Waals surface area contributed by atoms with Crippen molar-refractivity contribution in [2.24, 2.45) is 0 Å². The van der Waals surface area contributed by atoms with Crippen LogP contribution < -0.4 is 5.32 Å². The van der Waals surface area contributed by atoms with Crippen molar-refractivity contribution in [2.75, 3.05) is 12.4 Å². The van der Waals surface area contributed by atoms with Crippen molar-refractivity contribution in [1.82, 2.24) is 9.97 Å². The van der Waals surface area contributed by atoms with Crippen molar-refractivity contribution in [3.8, 4) is 11.4 Å². The maximum atomic E-state index is 4.60. The first kappa shape index (κ1) is 13.3. The molecule has 0 spiro atoms. The molecule has 2 aromatic carbocycles. The summed E-state index contributed by atoms with van der Waals surface area (Å²) in [6.07, 6.45) is 0. The molecule has 0 aliphatic rings. The van der Waals surface area contributed by atoms with E-state index in [0.717, 1.165) is 26.5 Å². The summed E-state index contributed by atoms with van der Waals surface area (Å²) in [6.45, 7) is 2.01. The average Bonchev–Trinajstić information content (AvgIpc) is 2.49. The Morgan fingerprint density at radius 1 is 1.00 bits per heavy atom. The summed E-state index contributed by atoms with van der Waals surface area (Å²) in [5.41, 5.74) is 2.04. The van der Waals surface area contributed by atoms with Gasteiger partial charge in [0.05, 0.1) is 9.26 Å². The summed E-state index contributed by atoms with van der Waals surface area (Å²) in [4.78, 5) is 9.20. The van der Waals surface area contributed by atoms with Gasteiger partial charge in [0.1, 0.15) is 5.82 Å². The van der Waals surface area contributed by atoms with Gasteiger partial charge in [0, 0.05) is 12.6 Å². The van der Waals surface area contributed by atoms with E-state index in [1.54, 1.807) is 0 Å². The van der Waals surface area contributed by atoms with Crippen molar-refractivity contribution < 1.29 is 0 Å². The van der Waals surface area contributed by atoms with E-state index in [2.05, 4.69) is 68.2 Å². The Morgan fingerprint density at radius 3 is 2.50 bits per heavy atom. The van der Waals surface area contributed by atoms with Gasteiger partial charge >= 0.3 is 0 Å². The number of aryl methyl sites for hydroxylation is 1.